The van der Waals surface area contributed by atoms with Gasteiger partial charge in [-0.2, -0.15) is 0 Å². The van der Waals surface area contributed by atoms with E-state index >= 15 is 0 Å². The smallest absolute Gasteiger partial charge is 0.410 e. The minimum atomic E-state index is -0.493. The topological polar surface area (TPSA) is 49.9 Å². The van der Waals surface area contributed by atoms with Crippen LogP contribution in [0.25, 0.3) is 0 Å². The number of amides is 2. The summed E-state index contributed by atoms with van der Waals surface area (Å²) in [6.45, 7) is 13.6. The third-order valence-corrected chi connectivity index (χ3v) is 4.51. The van der Waals surface area contributed by atoms with Crippen molar-refractivity contribution in [3.63, 3.8) is 0 Å². The van der Waals surface area contributed by atoms with Crippen LogP contribution in [0.15, 0.2) is 12.1 Å². The molecular weight excluding hydrogens is 328 g/mol. The molecule has 0 spiro atoms. The van der Waals surface area contributed by atoms with Gasteiger partial charge in [-0.05, 0) is 63.3 Å². The molecular formula is C21H32N2O3. The second-order valence-electron chi connectivity index (χ2n) is 7.75. The van der Waals surface area contributed by atoms with Gasteiger partial charge in [-0.1, -0.05) is 19.9 Å². The number of benzene rings is 1. The number of rotatable bonds is 1. The summed E-state index contributed by atoms with van der Waals surface area (Å²) in [4.78, 5) is 28.1. The van der Waals surface area contributed by atoms with Gasteiger partial charge in [-0.3, -0.25) is 9.69 Å². The lowest BCUT2D eigenvalue weighted by Crippen LogP contribution is -2.35. The average Bonchev–Trinajstić information content (AvgIpc) is 2.98. The molecule has 26 heavy (non-hydrogen) atoms. The summed E-state index contributed by atoms with van der Waals surface area (Å²) in [6.07, 6.45) is 2.37. The molecule has 1 fully saturated rings. The molecule has 0 N–H and O–H groups in total. The maximum Gasteiger partial charge on any atom is 0.410 e. The molecule has 2 heterocycles. The van der Waals surface area contributed by atoms with E-state index in [1.54, 1.807) is 4.90 Å². The number of ether oxygens (including phenoxy) is 1. The Hall–Kier alpha value is -2.04. The van der Waals surface area contributed by atoms with Gasteiger partial charge in [-0.15, -0.1) is 0 Å². The van der Waals surface area contributed by atoms with Crippen LogP contribution in [0.5, 0.6) is 0 Å². The zero-order valence-electron chi connectivity index (χ0n) is 17.0. The van der Waals surface area contributed by atoms with Crippen molar-refractivity contribution in [1.82, 2.24) is 4.90 Å². The normalized spacial score (nSPS) is 16.8. The highest BCUT2D eigenvalue weighted by molar-refractivity contribution is 5.95. The van der Waals surface area contributed by atoms with Crippen LogP contribution >= 0.6 is 0 Å². The van der Waals surface area contributed by atoms with E-state index < -0.39 is 5.60 Å². The van der Waals surface area contributed by atoms with E-state index in [1.165, 1.54) is 0 Å². The third-order valence-electron chi connectivity index (χ3n) is 4.51. The van der Waals surface area contributed by atoms with Crippen LogP contribution < -0.4 is 4.90 Å². The van der Waals surface area contributed by atoms with Crippen molar-refractivity contribution < 1.29 is 14.3 Å². The summed E-state index contributed by atoms with van der Waals surface area (Å²) in [6, 6.07) is 4.19. The first-order valence-corrected chi connectivity index (χ1v) is 9.65. The molecule has 0 unspecified atom stereocenters. The average molecular weight is 360 g/mol. The lowest BCUT2D eigenvalue weighted by molar-refractivity contribution is -0.119. The Morgan fingerprint density at radius 2 is 1.69 bits per heavy atom. The van der Waals surface area contributed by atoms with Crippen LogP contribution in [0.2, 0.25) is 0 Å². The predicted octanol–water partition coefficient (Wildman–Crippen LogP) is 4.79. The summed E-state index contributed by atoms with van der Waals surface area (Å²) in [5, 5.41) is 0. The number of fused-ring (bicyclic) bond motifs is 1. The van der Waals surface area contributed by atoms with Gasteiger partial charge in [0.25, 0.3) is 0 Å². The molecule has 0 radical (unpaired) electrons. The number of carbonyl (C=O) groups is 2. The molecule has 1 saturated heterocycles. The number of carbonyl (C=O) groups excluding carboxylic acids is 2. The number of hydrogen-bond acceptors (Lipinski definition) is 3. The van der Waals surface area contributed by atoms with E-state index in [1.807, 2.05) is 46.4 Å². The Morgan fingerprint density at radius 3 is 2.27 bits per heavy atom. The fourth-order valence-corrected chi connectivity index (χ4v) is 3.37. The second-order valence-corrected chi connectivity index (χ2v) is 7.75. The van der Waals surface area contributed by atoms with E-state index in [0.717, 1.165) is 41.8 Å². The molecule has 5 nitrogen and oxygen atoms in total. The number of hydrogen-bond donors (Lipinski definition) is 0. The summed E-state index contributed by atoms with van der Waals surface area (Å²) < 4.78 is 5.47. The van der Waals surface area contributed by atoms with Gasteiger partial charge in [0.15, 0.2) is 0 Å². The highest BCUT2D eigenvalue weighted by Gasteiger charge is 2.30. The maximum atomic E-state index is 12.3. The second kappa shape index (κ2) is 8.11. The molecule has 5 heteroatoms. The van der Waals surface area contributed by atoms with E-state index in [-0.39, 0.29) is 12.0 Å². The molecule has 0 saturated carbocycles. The van der Waals surface area contributed by atoms with Crippen molar-refractivity contribution in [3.05, 3.63) is 28.8 Å². The van der Waals surface area contributed by atoms with Gasteiger partial charge in [0.2, 0.25) is 5.91 Å². The first-order chi connectivity index (χ1) is 12.2. The third kappa shape index (κ3) is 4.57. The lowest BCUT2D eigenvalue weighted by Gasteiger charge is -2.28. The fourth-order valence-electron chi connectivity index (χ4n) is 3.37. The van der Waals surface area contributed by atoms with Gasteiger partial charge >= 0.3 is 6.09 Å². The Morgan fingerprint density at radius 1 is 1.08 bits per heavy atom. The van der Waals surface area contributed by atoms with E-state index in [4.69, 9.17) is 4.74 Å². The molecule has 0 aromatic heterocycles. The largest absolute Gasteiger partial charge is 0.444 e. The summed E-state index contributed by atoms with van der Waals surface area (Å²) in [5.74, 6) is 0.200. The molecule has 0 bridgehead atoms. The van der Waals surface area contributed by atoms with E-state index in [9.17, 15) is 9.59 Å². The maximum absolute atomic E-state index is 12.3. The first kappa shape index (κ1) is 20.3. The molecule has 2 aliphatic rings. The Labute approximate surface area is 157 Å². The van der Waals surface area contributed by atoms with Crippen molar-refractivity contribution in [2.75, 3.05) is 11.4 Å². The zero-order chi connectivity index (χ0) is 19.5. The molecule has 0 aliphatic carbocycles. The lowest BCUT2D eigenvalue weighted by atomic mass is 10.0. The highest BCUT2D eigenvalue weighted by Crippen LogP contribution is 2.33. The Kier molecular flexibility index (Phi) is 6.32. The van der Waals surface area contributed by atoms with E-state index in [2.05, 4.69) is 12.1 Å². The Bertz CT molecular complexity index is 677. The van der Waals surface area contributed by atoms with Crippen LogP contribution in [-0.4, -0.2) is 29.0 Å². The van der Waals surface area contributed by atoms with Crippen LogP contribution in [0.1, 0.15) is 70.6 Å². The minimum Gasteiger partial charge on any atom is -0.444 e. The minimum absolute atomic E-state index is 0.200. The van der Waals surface area contributed by atoms with Crippen molar-refractivity contribution in [2.45, 2.75) is 79.5 Å². The van der Waals surface area contributed by atoms with Gasteiger partial charge in [0.05, 0.1) is 0 Å². The predicted molar refractivity (Wildman–Crippen MR) is 104 cm³/mol. The summed E-state index contributed by atoms with van der Waals surface area (Å²) in [7, 11) is 0. The number of piperidine rings is 1. The van der Waals surface area contributed by atoms with Crippen molar-refractivity contribution >= 4 is 17.7 Å². The van der Waals surface area contributed by atoms with E-state index in [0.29, 0.717) is 19.5 Å². The SMILES string of the molecule is CC.Cc1cc2c(cc1N1CCCCC1=O)CN(C(=O)OC(C)(C)C)C2. The molecule has 2 aliphatic heterocycles. The number of anilines is 1. The monoisotopic (exact) mass is 360 g/mol. The first-order valence-electron chi connectivity index (χ1n) is 9.65. The van der Waals surface area contributed by atoms with Crippen molar-refractivity contribution in [3.8, 4) is 0 Å². The molecule has 3 rings (SSSR count). The molecule has 0 atom stereocenters. The van der Waals surface area contributed by atoms with Crippen LogP contribution in [0.3, 0.4) is 0 Å². The zero-order valence-corrected chi connectivity index (χ0v) is 17.0. The molecule has 1 aromatic rings. The standard InChI is InChI=1S/C19H26N2O3.C2H6/c1-13-9-14-11-20(18(23)24-19(2,3)4)12-15(14)10-16(13)21-8-6-5-7-17(21)22;1-2/h9-10H,5-8,11-12H2,1-4H3;1-2H3. The van der Waals surface area contributed by atoms with Crippen molar-refractivity contribution in [1.29, 1.82) is 0 Å². The van der Waals surface area contributed by atoms with Gasteiger partial charge in [0, 0.05) is 31.7 Å². The van der Waals surface area contributed by atoms with Crippen molar-refractivity contribution in [2.24, 2.45) is 0 Å². The van der Waals surface area contributed by atoms with Gasteiger partial charge < -0.3 is 9.64 Å². The van der Waals surface area contributed by atoms with Crippen LogP contribution in [0, 0.1) is 6.92 Å². The summed E-state index contributed by atoms with van der Waals surface area (Å²) >= 11 is 0. The molecule has 144 valence electrons. The van der Waals surface area contributed by atoms with Gasteiger partial charge in [-0.25, -0.2) is 4.79 Å². The molecule has 2 amide bonds. The summed E-state index contributed by atoms with van der Waals surface area (Å²) in [5.41, 5.74) is 3.85. The number of aryl methyl sites for hydroxylation is 1. The number of nitrogens with zero attached hydrogens (tertiary/aromatic N) is 2. The Balaban J connectivity index is 0.00000117. The quantitative estimate of drug-likeness (QED) is 0.723. The highest BCUT2D eigenvalue weighted by atomic mass is 16.6. The van der Waals surface area contributed by atoms with Crippen LogP contribution in [0.4, 0.5) is 10.5 Å². The molecule has 1 aromatic carbocycles. The fraction of sp³-hybridized carbons (Fsp3) is 0.619. The van der Waals surface area contributed by atoms with Gasteiger partial charge in [0.1, 0.15) is 5.60 Å². The van der Waals surface area contributed by atoms with Crippen LogP contribution in [-0.2, 0) is 22.6 Å².